The highest BCUT2D eigenvalue weighted by atomic mass is 16.3. The van der Waals surface area contributed by atoms with Gasteiger partial charge in [-0.2, -0.15) is 0 Å². The number of aliphatic hydroxyl groups excluding tert-OH is 1. The summed E-state index contributed by atoms with van der Waals surface area (Å²) in [6.07, 6.45) is 3.69. The van der Waals surface area contributed by atoms with Gasteiger partial charge in [-0.3, -0.25) is 0 Å². The van der Waals surface area contributed by atoms with Crippen molar-refractivity contribution in [2.24, 2.45) is 0 Å². The zero-order valence-electron chi connectivity index (χ0n) is 7.22. The third-order valence-corrected chi connectivity index (χ3v) is 2.10. The Balaban J connectivity index is 2.13. The van der Waals surface area contributed by atoms with Crippen molar-refractivity contribution < 1.29 is 5.11 Å². The Morgan fingerprint density at radius 1 is 1.46 bits per heavy atom. The molecule has 0 aliphatic carbocycles. The van der Waals surface area contributed by atoms with Crippen LogP contribution in [0.4, 0.5) is 11.6 Å². The Hall–Kier alpha value is -1.36. The van der Waals surface area contributed by atoms with E-state index in [2.05, 4.69) is 9.97 Å². The van der Waals surface area contributed by atoms with Crippen molar-refractivity contribution in [2.75, 3.05) is 23.7 Å². The molecule has 1 atom stereocenters. The number of β-amino-alcohol motifs (C(OH)–C–C–N with tert-alkyl or cyclic N) is 1. The minimum absolute atomic E-state index is 0.249. The van der Waals surface area contributed by atoms with Gasteiger partial charge in [-0.1, -0.05) is 0 Å². The lowest BCUT2D eigenvalue weighted by Crippen LogP contribution is -2.23. The van der Waals surface area contributed by atoms with Gasteiger partial charge in [-0.05, 0) is 6.42 Å². The number of nitrogens with zero attached hydrogens (tertiary/aromatic N) is 3. The van der Waals surface area contributed by atoms with Gasteiger partial charge >= 0.3 is 0 Å². The molecular weight excluding hydrogens is 168 g/mol. The molecule has 0 saturated carbocycles. The number of aromatic nitrogens is 2. The van der Waals surface area contributed by atoms with Crippen LogP contribution in [0.25, 0.3) is 0 Å². The summed E-state index contributed by atoms with van der Waals surface area (Å²) in [4.78, 5) is 10.1. The third-order valence-electron chi connectivity index (χ3n) is 2.10. The summed E-state index contributed by atoms with van der Waals surface area (Å²) in [5.74, 6) is 0.644. The molecule has 1 aliphatic rings. The van der Waals surface area contributed by atoms with Gasteiger partial charge in [0.1, 0.15) is 0 Å². The van der Waals surface area contributed by atoms with Crippen molar-refractivity contribution in [3.63, 3.8) is 0 Å². The molecule has 2 heterocycles. The van der Waals surface area contributed by atoms with E-state index in [1.807, 2.05) is 4.90 Å². The van der Waals surface area contributed by atoms with E-state index in [-0.39, 0.29) is 6.10 Å². The van der Waals surface area contributed by atoms with Gasteiger partial charge in [-0.15, -0.1) is 0 Å². The Kier molecular flexibility index (Phi) is 2.02. The molecule has 70 valence electrons. The zero-order valence-corrected chi connectivity index (χ0v) is 7.22. The van der Waals surface area contributed by atoms with Gasteiger partial charge < -0.3 is 15.7 Å². The Morgan fingerprint density at radius 2 is 2.15 bits per heavy atom. The van der Waals surface area contributed by atoms with Gasteiger partial charge in [0.2, 0.25) is 5.95 Å². The number of hydrogen-bond donors (Lipinski definition) is 2. The average molecular weight is 180 g/mol. The fourth-order valence-electron chi connectivity index (χ4n) is 1.42. The lowest BCUT2D eigenvalue weighted by molar-refractivity contribution is 0.198. The van der Waals surface area contributed by atoms with Gasteiger partial charge in [0.05, 0.1) is 24.2 Å². The van der Waals surface area contributed by atoms with Crippen LogP contribution in [-0.4, -0.2) is 34.3 Å². The molecule has 0 amide bonds. The molecule has 0 spiro atoms. The first kappa shape index (κ1) is 8.25. The van der Waals surface area contributed by atoms with E-state index in [0.29, 0.717) is 18.2 Å². The van der Waals surface area contributed by atoms with E-state index >= 15 is 0 Å². The molecule has 1 saturated heterocycles. The second kappa shape index (κ2) is 3.18. The number of hydrogen-bond acceptors (Lipinski definition) is 5. The first-order valence-corrected chi connectivity index (χ1v) is 4.26. The zero-order chi connectivity index (χ0) is 9.26. The molecule has 1 aliphatic heterocycles. The van der Waals surface area contributed by atoms with Gasteiger partial charge in [0.15, 0.2) is 0 Å². The molecule has 5 nitrogen and oxygen atoms in total. The van der Waals surface area contributed by atoms with Crippen molar-refractivity contribution >= 4 is 11.6 Å². The van der Waals surface area contributed by atoms with E-state index in [0.717, 1.165) is 13.0 Å². The van der Waals surface area contributed by atoms with Crippen LogP contribution in [-0.2, 0) is 0 Å². The monoisotopic (exact) mass is 180 g/mol. The van der Waals surface area contributed by atoms with Crippen molar-refractivity contribution in [3.05, 3.63) is 12.4 Å². The molecule has 13 heavy (non-hydrogen) atoms. The number of nitrogen functional groups attached to an aromatic ring is 1. The molecule has 0 bridgehead atoms. The minimum atomic E-state index is -0.249. The maximum absolute atomic E-state index is 9.29. The lowest BCUT2D eigenvalue weighted by Gasteiger charge is -2.14. The van der Waals surface area contributed by atoms with Crippen LogP contribution in [0.5, 0.6) is 0 Å². The van der Waals surface area contributed by atoms with E-state index in [4.69, 9.17) is 5.73 Å². The largest absolute Gasteiger partial charge is 0.396 e. The normalized spacial score (nSPS) is 22.2. The molecule has 0 radical (unpaired) electrons. The van der Waals surface area contributed by atoms with E-state index in [1.54, 1.807) is 12.4 Å². The molecule has 1 aromatic heterocycles. The average Bonchev–Trinajstić information content (AvgIpc) is 2.53. The van der Waals surface area contributed by atoms with Gasteiger partial charge in [-0.25, -0.2) is 9.97 Å². The summed E-state index contributed by atoms with van der Waals surface area (Å²) in [6, 6.07) is 0. The molecule has 1 fully saturated rings. The van der Waals surface area contributed by atoms with Crippen molar-refractivity contribution in [1.29, 1.82) is 0 Å². The van der Waals surface area contributed by atoms with Crippen LogP contribution in [0.3, 0.4) is 0 Å². The van der Waals surface area contributed by atoms with Crippen LogP contribution in [0.1, 0.15) is 6.42 Å². The number of rotatable bonds is 1. The summed E-state index contributed by atoms with van der Waals surface area (Å²) in [7, 11) is 0. The van der Waals surface area contributed by atoms with Gasteiger partial charge in [0.25, 0.3) is 0 Å². The number of anilines is 2. The second-order valence-electron chi connectivity index (χ2n) is 3.20. The molecule has 3 N–H and O–H groups in total. The fourth-order valence-corrected chi connectivity index (χ4v) is 1.42. The van der Waals surface area contributed by atoms with E-state index < -0.39 is 0 Å². The summed E-state index contributed by atoms with van der Waals surface area (Å²) < 4.78 is 0. The van der Waals surface area contributed by atoms with Crippen LogP contribution in [0, 0.1) is 0 Å². The highest BCUT2D eigenvalue weighted by molar-refractivity contribution is 5.38. The third kappa shape index (κ3) is 1.70. The number of nitrogens with two attached hydrogens (primary N) is 1. The van der Waals surface area contributed by atoms with Crippen LogP contribution < -0.4 is 10.6 Å². The molecule has 0 aromatic carbocycles. The standard InChI is InChI=1S/C8H12N4O/c9-6-3-10-8(11-4-6)12-2-1-7(13)5-12/h3-4,7,13H,1-2,5,9H2/t7-/m1/s1. The van der Waals surface area contributed by atoms with E-state index in [9.17, 15) is 5.11 Å². The summed E-state index contributed by atoms with van der Waals surface area (Å²) >= 11 is 0. The topological polar surface area (TPSA) is 75.3 Å². The smallest absolute Gasteiger partial charge is 0.225 e. The molecule has 1 aromatic rings. The van der Waals surface area contributed by atoms with Crippen molar-refractivity contribution in [1.82, 2.24) is 9.97 Å². The van der Waals surface area contributed by atoms with Crippen LogP contribution in [0.2, 0.25) is 0 Å². The second-order valence-corrected chi connectivity index (χ2v) is 3.20. The summed E-state index contributed by atoms with van der Waals surface area (Å²) in [5, 5.41) is 9.29. The summed E-state index contributed by atoms with van der Waals surface area (Å²) in [6.45, 7) is 1.43. The Morgan fingerprint density at radius 3 is 2.69 bits per heavy atom. The predicted octanol–water partition coefficient (Wildman–Crippen LogP) is -0.370. The maximum atomic E-state index is 9.29. The van der Waals surface area contributed by atoms with Crippen LogP contribution >= 0.6 is 0 Å². The predicted molar refractivity (Wildman–Crippen MR) is 49.3 cm³/mol. The molecule has 5 heteroatoms. The fraction of sp³-hybridized carbons (Fsp3) is 0.500. The minimum Gasteiger partial charge on any atom is -0.396 e. The first-order chi connectivity index (χ1) is 6.25. The molecule has 2 rings (SSSR count). The maximum Gasteiger partial charge on any atom is 0.225 e. The van der Waals surface area contributed by atoms with Crippen molar-refractivity contribution in [2.45, 2.75) is 12.5 Å². The Bertz CT molecular complexity index is 287. The van der Waals surface area contributed by atoms with E-state index in [1.165, 1.54) is 0 Å². The first-order valence-electron chi connectivity index (χ1n) is 4.26. The Labute approximate surface area is 76.2 Å². The molecular formula is C8H12N4O. The van der Waals surface area contributed by atoms with Gasteiger partial charge in [0, 0.05) is 13.1 Å². The van der Waals surface area contributed by atoms with Crippen LogP contribution in [0.15, 0.2) is 12.4 Å². The number of aliphatic hydroxyl groups is 1. The lowest BCUT2D eigenvalue weighted by atomic mass is 10.3. The highest BCUT2D eigenvalue weighted by Gasteiger charge is 2.21. The van der Waals surface area contributed by atoms with Crippen molar-refractivity contribution in [3.8, 4) is 0 Å². The SMILES string of the molecule is Nc1cnc(N2CC[C@@H](O)C2)nc1. The summed E-state index contributed by atoms with van der Waals surface area (Å²) in [5.41, 5.74) is 6.02. The quantitative estimate of drug-likeness (QED) is 0.616. The highest BCUT2D eigenvalue weighted by Crippen LogP contribution is 2.15. The molecule has 0 unspecified atom stereocenters.